The molecule has 124 valence electrons. The molecule has 0 bridgehead atoms. The molecule has 0 fully saturated rings. The Hall–Kier alpha value is -2.42. The van der Waals surface area contributed by atoms with Crippen LogP contribution in [0.4, 0.5) is 0 Å². The third kappa shape index (κ3) is 3.25. The van der Waals surface area contributed by atoms with Crippen molar-refractivity contribution in [2.24, 2.45) is 0 Å². The summed E-state index contributed by atoms with van der Waals surface area (Å²) in [6.45, 7) is 2.08. The van der Waals surface area contributed by atoms with Crippen LogP contribution in [0.15, 0.2) is 36.4 Å². The lowest BCUT2D eigenvalue weighted by molar-refractivity contribution is 0.0964. The van der Waals surface area contributed by atoms with Gasteiger partial charge in [0.25, 0.3) is 0 Å². The number of benzene rings is 2. The number of carbonyl (C=O) groups is 2. The van der Waals surface area contributed by atoms with Crippen LogP contribution < -0.4 is 0 Å². The fourth-order valence-corrected chi connectivity index (χ4v) is 3.51. The number of hydrogen-bond acceptors (Lipinski definition) is 3. The lowest BCUT2D eigenvalue weighted by atomic mass is 9.88. The lowest BCUT2D eigenvalue weighted by Crippen LogP contribution is -2.11. The summed E-state index contributed by atoms with van der Waals surface area (Å²) in [6.07, 6.45) is 5.15. The van der Waals surface area contributed by atoms with E-state index in [-0.39, 0.29) is 11.5 Å². The molecule has 1 N–H and O–H groups in total. The van der Waals surface area contributed by atoms with Gasteiger partial charge in [-0.3, -0.25) is 9.59 Å². The molecular weight excluding hydrogens is 300 g/mol. The Morgan fingerprint density at radius 3 is 1.88 bits per heavy atom. The molecule has 4 rings (SSSR count). The molecule has 0 spiro atoms. The van der Waals surface area contributed by atoms with E-state index in [9.17, 15) is 14.7 Å². The molecule has 0 saturated heterocycles. The van der Waals surface area contributed by atoms with E-state index in [2.05, 4.69) is 13.0 Å². The second-order valence-corrected chi connectivity index (χ2v) is 6.46. The number of phenolic OH excluding ortho intramolecular Hbond substituents is 1. The van der Waals surface area contributed by atoms with E-state index < -0.39 is 0 Å². The fraction of sp³-hybridized carbons (Fsp3) is 0.333. The number of carbonyl (C=O) groups excluding carboxylic acids is 2. The number of aryl methyl sites for hydroxylation is 1. The molecule has 0 unspecified atom stereocenters. The van der Waals surface area contributed by atoms with Crippen molar-refractivity contribution in [3.05, 3.63) is 64.2 Å². The molecule has 2 aromatic rings. The summed E-state index contributed by atoms with van der Waals surface area (Å²) in [5, 5.41) is 9.42. The minimum absolute atomic E-state index is 0.159. The molecule has 0 heterocycles. The van der Waals surface area contributed by atoms with Gasteiger partial charge in [0, 0.05) is 29.5 Å². The number of rotatable bonds is 0. The van der Waals surface area contributed by atoms with Crippen LogP contribution in [-0.2, 0) is 12.8 Å². The van der Waals surface area contributed by atoms with Crippen molar-refractivity contribution in [3.8, 4) is 5.75 Å². The average Bonchev–Trinajstić information content (AvgIpc) is 2.58. The van der Waals surface area contributed by atoms with Gasteiger partial charge in [0.15, 0.2) is 11.6 Å². The number of ketones is 2. The van der Waals surface area contributed by atoms with Gasteiger partial charge >= 0.3 is 0 Å². The topological polar surface area (TPSA) is 54.4 Å². The fourth-order valence-electron chi connectivity index (χ4n) is 3.51. The predicted octanol–water partition coefficient (Wildman–Crippen LogP) is 4.43. The van der Waals surface area contributed by atoms with Crippen LogP contribution in [0, 0.1) is 6.92 Å². The molecular formula is C21H22O3. The first-order valence-corrected chi connectivity index (χ1v) is 8.53. The maximum absolute atomic E-state index is 11.4. The first-order chi connectivity index (χ1) is 11.6. The highest BCUT2D eigenvalue weighted by molar-refractivity contribution is 5.99. The largest absolute Gasteiger partial charge is 0.508 e. The maximum Gasteiger partial charge on any atom is 0.163 e. The van der Waals surface area contributed by atoms with Crippen molar-refractivity contribution < 1.29 is 14.7 Å². The van der Waals surface area contributed by atoms with Gasteiger partial charge in [-0.25, -0.2) is 0 Å². The van der Waals surface area contributed by atoms with Crippen LogP contribution in [0.3, 0.4) is 0 Å². The van der Waals surface area contributed by atoms with Gasteiger partial charge in [-0.2, -0.15) is 0 Å². The second kappa shape index (κ2) is 7.00. The molecule has 0 aromatic heterocycles. The Kier molecular flexibility index (Phi) is 4.79. The van der Waals surface area contributed by atoms with Gasteiger partial charge in [-0.1, -0.05) is 30.3 Å². The zero-order valence-corrected chi connectivity index (χ0v) is 14.0. The van der Waals surface area contributed by atoms with Crippen molar-refractivity contribution in [2.75, 3.05) is 0 Å². The van der Waals surface area contributed by atoms with E-state index in [0.717, 1.165) is 43.2 Å². The molecule has 2 aliphatic carbocycles. The Morgan fingerprint density at radius 2 is 1.29 bits per heavy atom. The monoisotopic (exact) mass is 322 g/mol. The van der Waals surface area contributed by atoms with Crippen LogP contribution in [0.1, 0.15) is 63.1 Å². The first-order valence-electron chi connectivity index (χ1n) is 8.53. The highest BCUT2D eigenvalue weighted by atomic mass is 16.3. The van der Waals surface area contributed by atoms with Crippen LogP contribution in [0.25, 0.3) is 0 Å². The minimum Gasteiger partial charge on any atom is -0.508 e. The van der Waals surface area contributed by atoms with Crippen LogP contribution in [0.5, 0.6) is 5.75 Å². The summed E-state index contributed by atoms with van der Waals surface area (Å²) in [5.74, 6) is 0.743. The van der Waals surface area contributed by atoms with Gasteiger partial charge < -0.3 is 5.11 Å². The SMILES string of the molecule is Cc1cccc2c1CCCC2=O.O=C1CCCc2c(O)cccc21. The molecule has 0 atom stereocenters. The average molecular weight is 322 g/mol. The molecule has 0 saturated carbocycles. The summed E-state index contributed by atoms with van der Waals surface area (Å²) < 4.78 is 0. The zero-order valence-electron chi connectivity index (χ0n) is 14.0. The number of Topliss-reactive ketones (excluding diaryl/α,β-unsaturated/α-hetero) is 2. The number of hydrogen-bond donors (Lipinski definition) is 1. The highest BCUT2D eigenvalue weighted by Crippen LogP contribution is 2.28. The summed E-state index contributed by atoms with van der Waals surface area (Å²) >= 11 is 0. The molecule has 24 heavy (non-hydrogen) atoms. The highest BCUT2D eigenvalue weighted by Gasteiger charge is 2.19. The summed E-state index contributed by atoms with van der Waals surface area (Å²) in [4.78, 5) is 22.8. The summed E-state index contributed by atoms with van der Waals surface area (Å²) in [6, 6.07) is 11.1. The lowest BCUT2D eigenvalue weighted by Gasteiger charge is -2.16. The third-order valence-corrected chi connectivity index (χ3v) is 4.82. The quantitative estimate of drug-likeness (QED) is 0.781. The van der Waals surface area contributed by atoms with Crippen molar-refractivity contribution in [3.63, 3.8) is 0 Å². The van der Waals surface area contributed by atoms with E-state index in [1.165, 1.54) is 11.1 Å². The zero-order chi connectivity index (χ0) is 17.1. The molecule has 3 nitrogen and oxygen atoms in total. The van der Waals surface area contributed by atoms with Gasteiger partial charge in [0.05, 0.1) is 0 Å². The van der Waals surface area contributed by atoms with E-state index >= 15 is 0 Å². The smallest absolute Gasteiger partial charge is 0.163 e. The van der Waals surface area contributed by atoms with Crippen molar-refractivity contribution in [2.45, 2.75) is 45.4 Å². The molecule has 2 aliphatic rings. The summed E-state index contributed by atoms with van der Waals surface area (Å²) in [5.41, 5.74) is 5.03. The molecule has 0 aliphatic heterocycles. The molecule has 3 heteroatoms. The molecule has 2 aromatic carbocycles. The van der Waals surface area contributed by atoms with Gasteiger partial charge in [0.2, 0.25) is 0 Å². The molecule has 0 radical (unpaired) electrons. The normalized spacial score (nSPS) is 15.9. The number of aromatic hydroxyl groups is 1. The van der Waals surface area contributed by atoms with Crippen molar-refractivity contribution in [1.29, 1.82) is 0 Å². The molecule has 0 amide bonds. The predicted molar refractivity (Wildman–Crippen MR) is 93.8 cm³/mol. The third-order valence-electron chi connectivity index (χ3n) is 4.82. The Morgan fingerprint density at radius 1 is 0.750 bits per heavy atom. The van der Waals surface area contributed by atoms with E-state index in [4.69, 9.17) is 0 Å². The summed E-state index contributed by atoms with van der Waals surface area (Å²) in [7, 11) is 0. The minimum atomic E-state index is 0.159. The van der Waals surface area contributed by atoms with Crippen LogP contribution in [0.2, 0.25) is 0 Å². The van der Waals surface area contributed by atoms with Crippen LogP contribution >= 0.6 is 0 Å². The maximum atomic E-state index is 11.4. The van der Waals surface area contributed by atoms with Crippen molar-refractivity contribution in [1.82, 2.24) is 0 Å². The van der Waals surface area contributed by atoms with Crippen molar-refractivity contribution >= 4 is 11.6 Å². The van der Waals surface area contributed by atoms with E-state index in [0.29, 0.717) is 17.8 Å². The van der Waals surface area contributed by atoms with E-state index in [1.54, 1.807) is 18.2 Å². The Bertz CT molecular complexity index is 722. The Balaban J connectivity index is 0.000000141. The Labute approximate surface area is 142 Å². The first kappa shape index (κ1) is 16.4. The number of phenols is 1. The van der Waals surface area contributed by atoms with Gasteiger partial charge in [0.1, 0.15) is 5.75 Å². The van der Waals surface area contributed by atoms with Gasteiger partial charge in [-0.15, -0.1) is 0 Å². The van der Waals surface area contributed by atoms with E-state index in [1.807, 2.05) is 12.1 Å². The number of fused-ring (bicyclic) bond motifs is 2. The van der Waals surface area contributed by atoms with Crippen LogP contribution in [-0.4, -0.2) is 16.7 Å². The van der Waals surface area contributed by atoms with Gasteiger partial charge in [-0.05, 0) is 49.8 Å². The standard InChI is InChI=1S/C11H12O.C10H10O2/c1-8-4-2-6-10-9(8)5-3-7-11(10)12;11-9-5-1-3-7-8(9)4-2-6-10(7)12/h2,4,6H,3,5,7H2,1H3;1,3,5,11H,2,4,6H2. The second-order valence-electron chi connectivity index (χ2n) is 6.46.